The molecule has 0 saturated carbocycles. The van der Waals surface area contributed by atoms with Gasteiger partial charge in [-0.15, -0.1) is 11.3 Å². The van der Waals surface area contributed by atoms with E-state index in [1.807, 2.05) is 16.8 Å². The minimum atomic E-state index is -0.536. The fourth-order valence-electron chi connectivity index (χ4n) is 1.37. The average molecular weight is 266 g/mol. The Kier molecular flexibility index (Phi) is 3.26. The summed E-state index contributed by atoms with van der Waals surface area (Å²) in [6.45, 7) is 1.40. The number of nitrogens with two attached hydrogens (primary N) is 1. The smallest absolute Gasteiger partial charge is 0.251 e. The highest BCUT2D eigenvalue weighted by atomic mass is 32.1. The third-order valence-electron chi connectivity index (χ3n) is 2.09. The van der Waals surface area contributed by atoms with Gasteiger partial charge < -0.3 is 11.1 Å². The van der Waals surface area contributed by atoms with Crippen molar-refractivity contribution < 1.29 is 9.59 Å². The van der Waals surface area contributed by atoms with Gasteiger partial charge in [0.2, 0.25) is 5.91 Å². The van der Waals surface area contributed by atoms with Crippen molar-refractivity contribution in [2.45, 2.75) is 6.92 Å². The monoisotopic (exact) mass is 266 g/mol. The molecular weight excluding hydrogens is 256 g/mol. The number of carbonyl (C=O) groups is 2. The Bertz CT molecular complexity index is 558. The fourth-order valence-corrected chi connectivity index (χ4v) is 3.21. The van der Waals surface area contributed by atoms with Gasteiger partial charge in [-0.05, 0) is 22.9 Å². The van der Waals surface area contributed by atoms with Crippen LogP contribution in [0.2, 0.25) is 0 Å². The molecule has 0 unspecified atom stereocenters. The molecule has 0 aliphatic rings. The van der Waals surface area contributed by atoms with E-state index in [1.54, 1.807) is 17.4 Å². The molecule has 2 heterocycles. The van der Waals surface area contributed by atoms with Gasteiger partial charge in [-0.2, -0.15) is 11.3 Å². The molecule has 2 amide bonds. The molecule has 0 aliphatic heterocycles. The van der Waals surface area contributed by atoms with Crippen molar-refractivity contribution in [2.75, 3.05) is 5.32 Å². The van der Waals surface area contributed by atoms with Gasteiger partial charge in [-0.25, -0.2) is 0 Å². The second-order valence-electron chi connectivity index (χ2n) is 3.41. The maximum absolute atomic E-state index is 11.3. The molecule has 17 heavy (non-hydrogen) atoms. The standard InChI is InChI=1S/C11H10N2O2S2/c1-6(14)13-11-8(10(12)15)4-9(17-11)7-2-3-16-5-7/h2-5H,1H3,(H2,12,15)(H,13,14). The number of anilines is 1. The SMILES string of the molecule is CC(=O)Nc1sc(-c2ccsc2)cc1C(N)=O. The van der Waals surface area contributed by atoms with E-state index in [9.17, 15) is 9.59 Å². The van der Waals surface area contributed by atoms with Crippen molar-refractivity contribution in [1.29, 1.82) is 0 Å². The maximum Gasteiger partial charge on any atom is 0.251 e. The normalized spacial score (nSPS) is 10.2. The van der Waals surface area contributed by atoms with E-state index in [1.165, 1.54) is 18.3 Å². The van der Waals surface area contributed by atoms with Gasteiger partial charge in [-0.1, -0.05) is 0 Å². The van der Waals surface area contributed by atoms with Gasteiger partial charge >= 0.3 is 0 Å². The number of nitrogens with one attached hydrogen (secondary N) is 1. The highest BCUT2D eigenvalue weighted by molar-refractivity contribution is 7.20. The molecule has 0 saturated heterocycles. The second kappa shape index (κ2) is 4.68. The molecule has 0 fully saturated rings. The van der Waals surface area contributed by atoms with Gasteiger partial charge in [0.25, 0.3) is 5.91 Å². The summed E-state index contributed by atoms with van der Waals surface area (Å²) >= 11 is 2.92. The molecule has 0 bridgehead atoms. The quantitative estimate of drug-likeness (QED) is 0.896. The number of amides is 2. The summed E-state index contributed by atoms with van der Waals surface area (Å²) in [4.78, 5) is 23.2. The third kappa shape index (κ3) is 2.54. The van der Waals surface area contributed by atoms with Crippen LogP contribution < -0.4 is 11.1 Å². The Morgan fingerprint density at radius 2 is 2.18 bits per heavy atom. The average Bonchev–Trinajstić information content (AvgIpc) is 2.82. The Morgan fingerprint density at radius 1 is 1.41 bits per heavy atom. The Morgan fingerprint density at radius 3 is 2.71 bits per heavy atom. The van der Waals surface area contributed by atoms with Gasteiger partial charge in [0.15, 0.2) is 0 Å². The molecule has 0 radical (unpaired) electrons. The fraction of sp³-hybridized carbons (Fsp3) is 0.0909. The van der Waals surface area contributed by atoms with E-state index in [0.717, 1.165) is 10.4 Å². The lowest BCUT2D eigenvalue weighted by Gasteiger charge is -1.99. The predicted octanol–water partition coefficient (Wildman–Crippen LogP) is 2.53. The van der Waals surface area contributed by atoms with Gasteiger partial charge in [0, 0.05) is 17.4 Å². The van der Waals surface area contributed by atoms with Crippen LogP contribution in [0.15, 0.2) is 22.9 Å². The molecule has 2 aromatic heterocycles. The van der Waals surface area contributed by atoms with Gasteiger partial charge in [0.05, 0.1) is 5.56 Å². The lowest BCUT2D eigenvalue weighted by Crippen LogP contribution is -2.14. The molecule has 0 aliphatic carbocycles. The molecule has 0 aromatic carbocycles. The molecule has 4 nitrogen and oxygen atoms in total. The Hall–Kier alpha value is -1.66. The van der Waals surface area contributed by atoms with Crippen LogP contribution in [-0.4, -0.2) is 11.8 Å². The van der Waals surface area contributed by atoms with Gasteiger partial charge in [0.1, 0.15) is 5.00 Å². The van der Waals surface area contributed by atoms with Crippen LogP contribution in [-0.2, 0) is 4.79 Å². The summed E-state index contributed by atoms with van der Waals surface area (Å²) in [5.41, 5.74) is 6.66. The molecule has 6 heteroatoms. The predicted molar refractivity (Wildman–Crippen MR) is 70.5 cm³/mol. The van der Waals surface area contributed by atoms with Crippen LogP contribution in [0.1, 0.15) is 17.3 Å². The Labute approximate surface area is 106 Å². The topological polar surface area (TPSA) is 72.2 Å². The summed E-state index contributed by atoms with van der Waals surface area (Å²) in [5, 5.41) is 7.06. The molecule has 2 rings (SSSR count). The third-order valence-corrected chi connectivity index (χ3v) is 3.88. The number of rotatable bonds is 3. The molecular formula is C11H10N2O2S2. The number of hydrogen-bond acceptors (Lipinski definition) is 4. The van der Waals surface area contributed by atoms with Crippen LogP contribution in [0.5, 0.6) is 0 Å². The number of primary amides is 1. The first-order chi connectivity index (χ1) is 8.08. The molecule has 3 N–H and O–H groups in total. The van der Waals surface area contributed by atoms with E-state index in [2.05, 4.69) is 5.32 Å². The summed E-state index contributed by atoms with van der Waals surface area (Å²) in [6, 6.07) is 3.67. The van der Waals surface area contributed by atoms with Crippen molar-refractivity contribution in [3.63, 3.8) is 0 Å². The zero-order chi connectivity index (χ0) is 12.4. The van der Waals surface area contributed by atoms with Crippen molar-refractivity contribution in [1.82, 2.24) is 0 Å². The summed E-state index contributed by atoms with van der Waals surface area (Å²) in [7, 11) is 0. The number of hydrogen-bond donors (Lipinski definition) is 2. The summed E-state index contributed by atoms with van der Waals surface area (Å²) < 4.78 is 0. The number of thiophene rings is 2. The minimum Gasteiger partial charge on any atom is -0.366 e. The molecule has 0 spiro atoms. The van der Waals surface area contributed by atoms with Crippen molar-refractivity contribution in [3.05, 3.63) is 28.5 Å². The lowest BCUT2D eigenvalue weighted by atomic mass is 10.2. The van der Waals surface area contributed by atoms with E-state index in [-0.39, 0.29) is 5.91 Å². The highest BCUT2D eigenvalue weighted by Crippen LogP contribution is 2.36. The largest absolute Gasteiger partial charge is 0.366 e. The first-order valence-electron chi connectivity index (χ1n) is 4.81. The Balaban J connectivity index is 2.44. The first-order valence-corrected chi connectivity index (χ1v) is 6.57. The molecule has 88 valence electrons. The van der Waals surface area contributed by atoms with Crippen LogP contribution >= 0.6 is 22.7 Å². The highest BCUT2D eigenvalue weighted by Gasteiger charge is 2.15. The molecule has 2 aromatic rings. The first kappa shape index (κ1) is 11.8. The second-order valence-corrected chi connectivity index (χ2v) is 5.24. The van der Waals surface area contributed by atoms with Crippen molar-refractivity contribution in [3.8, 4) is 10.4 Å². The lowest BCUT2D eigenvalue weighted by molar-refractivity contribution is -0.114. The zero-order valence-corrected chi connectivity index (χ0v) is 10.7. The van der Waals surface area contributed by atoms with Crippen LogP contribution in [0.4, 0.5) is 5.00 Å². The summed E-state index contributed by atoms with van der Waals surface area (Å²) in [6.07, 6.45) is 0. The minimum absolute atomic E-state index is 0.216. The number of carbonyl (C=O) groups excluding carboxylic acids is 2. The maximum atomic E-state index is 11.3. The zero-order valence-electron chi connectivity index (χ0n) is 9.02. The molecule has 0 atom stereocenters. The van der Waals surface area contributed by atoms with E-state index in [4.69, 9.17) is 5.73 Å². The van der Waals surface area contributed by atoms with Crippen molar-refractivity contribution >= 4 is 39.5 Å². The van der Waals surface area contributed by atoms with E-state index >= 15 is 0 Å². The van der Waals surface area contributed by atoms with E-state index in [0.29, 0.717) is 10.6 Å². The van der Waals surface area contributed by atoms with Crippen LogP contribution in [0, 0.1) is 0 Å². The van der Waals surface area contributed by atoms with Crippen molar-refractivity contribution in [2.24, 2.45) is 5.73 Å². The van der Waals surface area contributed by atoms with Crippen LogP contribution in [0.3, 0.4) is 0 Å². The van der Waals surface area contributed by atoms with Crippen LogP contribution in [0.25, 0.3) is 10.4 Å². The summed E-state index contributed by atoms with van der Waals surface area (Å²) in [5.74, 6) is -0.752. The van der Waals surface area contributed by atoms with E-state index < -0.39 is 5.91 Å². The van der Waals surface area contributed by atoms with Gasteiger partial charge in [-0.3, -0.25) is 9.59 Å².